The van der Waals surface area contributed by atoms with Crippen LogP contribution in [-0.4, -0.2) is 19.2 Å². The van der Waals surface area contributed by atoms with Gasteiger partial charge in [0.2, 0.25) is 10.0 Å². The number of nitrogens with zero attached hydrogens (tertiary/aromatic N) is 1. The van der Waals surface area contributed by atoms with Gasteiger partial charge >= 0.3 is 0 Å². The second-order valence-corrected chi connectivity index (χ2v) is 5.62. The molecule has 0 saturated carbocycles. The Labute approximate surface area is 99.7 Å². The number of hydrogen-bond donors (Lipinski definition) is 2. The van der Waals surface area contributed by atoms with Crippen molar-refractivity contribution in [2.45, 2.75) is 6.92 Å². The molecule has 1 aromatic carbocycles. The van der Waals surface area contributed by atoms with E-state index in [1.165, 1.54) is 0 Å². The Morgan fingerprint density at radius 3 is 2.82 bits per heavy atom. The highest BCUT2D eigenvalue weighted by atomic mass is 32.2. The fourth-order valence-electron chi connectivity index (χ4n) is 1.52. The predicted octanol–water partition coefficient (Wildman–Crippen LogP) is 1.58. The van der Waals surface area contributed by atoms with Crippen LogP contribution in [-0.2, 0) is 10.0 Å². The van der Waals surface area contributed by atoms with Crippen molar-refractivity contribution < 1.29 is 8.42 Å². The topological polar surface area (TPSA) is 85.1 Å². The lowest BCUT2D eigenvalue weighted by Crippen LogP contribution is -2.15. The van der Waals surface area contributed by atoms with Crippen LogP contribution >= 0.6 is 0 Å². The number of sulfonamides is 1. The van der Waals surface area contributed by atoms with Gasteiger partial charge in [-0.1, -0.05) is 0 Å². The van der Waals surface area contributed by atoms with Crippen molar-refractivity contribution in [1.29, 1.82) is 0 Å². The van der Waals surface area contributed by atoms with Crippen molar-refractivity contribution >= 4 is 32.3 Å². The SMILES string of the molecule is CCS(=O)(=O)Nc1ccc(N)c2ncccc12. The molecule has 0 bridgehead atoms. The largest absolute Gasteiger partial charge is 0.397 e. The zero-order valence-electron chi connectivity index (χ0n) is 9.34. The van der Waals surface area contributed by atoms with Gasteiger partial charge in [0.25, 0.3) is 0 Å². The third-order valence-electron chi connectivity index (χ3n) is 2.45. The molecule has 0 radical (unpaired) electrons. The number of fused-ring (bicyclic) bond motifs is 1. The lowest BCUT2D eigenvalue weighted by Gasteiger charge is -2.10. The van der Waals surface area contributed by atoms with E-state index in [2.05, 4.69) is 9.71 Å². The molecule has 0 atom stereocenters. The maximum atomic E-state index is 11.5. The number of rotatable bonds is 3. The second-order valence-electron chi connectivity index (χ2n) is 3.61. The molecular weight excluding hydrogens is 238 g/mol. The maximum absolute atomic E-state index is 11.5. The summed E-state index contributed by atoms with van der Waals surface area (Å²) >= 11 is 0. The Hall–Kier alpha value is -1.82. The summed E-state index contributed by atoms with van der Waals surface area (Å²) < 4.78 is 25.6. The molecule has 0 unspecified atom stereocenters. The molecule has 0 aliphatic carbocycles. The van der Waals surface area contributed by atoms with E-state index >= 15 is 0 Å². The van der Waals surface area contributed by atoms with Crippen LogP contribution < -0.4 is 10.5 Å². The van der Waals surface area contributed by atoms with Crippen LogP contribution in [0.5, 0.6) is 0 Å². The molecule has 90 valence electrons. The van der Waals surface area contributed by atoms with Gasteiger partial charge in [-0.3, -0.25) is 9.71 Å². The van der Waals surface area contributed by atoms with Crippen LogP contribution in [0, 0.1) is 0 Å². The standard InChI is InChI=1S/C11H13N3O2S/c1-2-17(15,16)14-10-6-5-9(12)11-8(10)4-3-7-13-11/h3-7,14H,2,12H2,1H3. The number of nitrogens with two attached hydrogens (primary N) is 1. The van der Waals surface area contributed by atoms with Gasteiger partial charge < -0.3 is 5.73 Å². The summed E-state index contributed by atoms with van der Waals surface area (Å²) in [5.74, 6) is 0.0269. The summed E-state index contributed by atoms with van der Waals surface area (Å²) in [7, 11) is -3.30. The molecule has 2 aromatic rings. The van der Waals surface area contributed by atoms with Gasteiger partial charge in [0.15, 0.2) is 0 Å². The zero-order chi connectivity index (χ0) is 12.5. The van der Waals surface area contributed by atoms with E-state index in [0.717, 1.165) is 0 Å². The first kappa shape index (κ1) is 11.7. The first-order chi connectivity index (χ1) is 8.03. The van der Waals surface area contributed by atoms with Gasteiger partial charge in [-0.25, -0.2) is 8.42 Å². The van der Waals surface area contributed by atoms with Gasteiger partial charge in [0, 0.05) is 11.6 Å². The minimum absolute atomic E-state index is 0.0269. The van der Waals surface area contributed by atoms with Gasteiger partial charge in [-0.15, -0.1) is 0 Å². The van der Waals surface area contributed by atoms with Gasteiger partial charge in [0.05, 0.1) is 22.6 Å². The Kier molecular flexibility index (Phi) is 2.89. The Morgan fingerprint density at radius 1 is 1.35 bits per heavy atom. The van der Waals surface area contributed by atoms with Gasteiger partial charge in [-0.05, 0) is 31.2 Å². The minimum Gasteiger partial charge on any atom is -0.397 e. The Bertz CT molecular complexity index is 653. The molecule has 0 fully saturated rings. The van der Waals surface area contributed by atoms with Crippen LogP contribution in [0.25, 0.3) is 10.9 Å². The molecule has 0 aliphatic rings. The molecule has 0 spiro atoms. The van der Waals surface area contributed by atoms with E-state index in [4.69, 9.17) is 5.73 Å². The number of benzene rings is 1. The maximum Gasteiger partial charge on any atom is 0.232 e. The zero-order valence-corrected chi connectivity index (χ0v) is 10.2. The Morgan fingerprint density at radius 2 is 2.12 bits per heavy atom. The third kappa shape index (κ3) is 2.31. The van der Waals surface area contributed by atoms with E-state index in [1.807, 2.05) is 0 Å². The molecule has 2 rings (SSSR count). The van der Waals surface area contributed by atoms with E-state index in [1.54, 1.807) is 37.4 Å². The summed E-state index contributed by atoms with van der Waals surface area (Å²) in [6.07, 6.45) is 1.62. The van der Waals surface area contributed by atoms with Crippen LogP contribution in [0.1, 0.15) is 6.92 Å². The molecular formula is C11H13N3O2S. The molecule has 5 nitrogen and oxygen atoms in total. The van der Waals surface area contributed by atoms with Crippen molar-refractivity contribution in [3.05, 3.63) is 30.5 Å². The highest BCUT2D eigenvalue weighted by molar-refractivity contribution is 7.92. The molecule has 0 saturated heterocycles. The lowest BCUT2D eigenvalue weighted by atomic mass is 10.1. The number of pyridine rings is 1. The van der Waals surface area contributed by atoms with Crippen molar-refractivity contribution in [1.82, 2.24) is 4.98 Å². The predicted molar refractivity (Wildman–Crippen MR) is 69.2 cm³/mol. The monoisotopic (exact) mass is 251 g/mol. The van der Waals surface area contributed by atoms with Crippen LogP contribution in [0.15, 0.2) is 30.5 Å². The molecule has 0 aliphatic heterocycles. The summed E-state index contributed by atoms with van der Waals surface area (Å²) in [6, 6.07) is 6.81. The minimum atomic E-state index is -3.30. The molecule has 6 heteroatoms. The van der Waals surface area contributed by atoms with E-state index in [0.29, 0.717) is 22.3 Å². The fourth-order valence-corrected chi connectivity index (χ4v) is 2.18. The van der Waals surface area contributed by atoms with Gasteiger partial charge in [0.1, 0.15) is 0 Å². The number of nitrogens with one attached hydrogen (secondary N) is 1. The average molecular weight is 251 g/mol. The summed E-state index contributed by atoms with van der Waals surface area (Å²) in [6.45, 7) is 1.58. The number of nitrogen functional groups attached to an aromatic ring is 1. The van der Waals surface area contributed by atoms with Crippen LogP contribution in [0.3, 0.4) is 0 Å². The van der Waals surface area contributed by atoms with Crippen molar-refractivity contribution in [2.24, 2.45) is 0 Å². The van der Waals surface area contributed by atoms with E-state index in [9.17, 15) is 8.42 Å². The van der Waals surface area contributed by atoms with Gasteiger partial charge in [-0.2, -0.15) is 0 Å². The number of aromatic nitrogens is 1. The molecule has 17 heavy (non-hydrogen) atoms. The second kappa shape index (κ2) is 4.21. The lowest BCUT2D eigenvalue weighted by molar-refractivity contribution is 0.602. The normalized spacial score (nSPS) is 11.6. The van der Waals surface area contributed by atoms with E-state index < -0.39 is 10.0 Å². The van der Waals surface area contributed by atoms with Crippen molar-refractivity contribution in [3.63, 3.8) is 0 Å². The molecule has 1 heterocycles. The fraction of sp³-hybridized carbons (Fsp3) is 0.182. The summed E-state index contributed by atoms with van der Waals surface area (Å²) in [5, 5.41) is 0.699. The third-order valence-corrected chi connectivity index (χ3v) is 3.74. The van der Waals surface area contributed by atoms with Crippen LogP contribution in [0.2, 0.25) is 0 Å². The van der Waals surface area contributed by atoms with Crippen LogP contribution in [0.4, 0.5) is 11.4 Å². The quantitative estimate of drug-likeness (QED) is 0.811. The van der Waals surface area contributed by atoms with Crippen molar-refractivity contribution in [3.8, 4) is 0 Å². The summed E-state index contributed by atoms with van der Waals surface area (Å²) in [4.78, 5) is 4.14. The first-order valence-electron chi connectivity index (χ1n) is 5.17. The number of anilines is 2. The van der Waals surface area contributed by atoms with E-state index in [-0.39, 0.29) is 5.75 Å². The molecule has 1 aromatic heterocycles. The highest BCUT2D eigenvalue weighted by Gasteiger charge is 2.10. The summed E-state index contributed by atoms with van der Waals surface area (Å²) in [5.41, 5.74) is 7.41. The van der Waals surface area contributed by atoms with Crippen molar-refractivity contribution in [2.75, 3.05) is 16.2 Å². The smallest absolute Gasteiger partial charge is 0.232 e. The molecule has 0 amide bonds. The average Bonchev–Trinajstić information content (AvgIpc) is 2.33. The number of hydrogen-bond acceptors (Lipinski definition) is 4. The Balaban J connectivity index is 2.60. The molecule has 3 N–H and O–H groups in total. The first-order valence-corrected chi connectivity index (χ1v) is 6.82. The highest BCUT2D eigenvalue weighted by Crippen LogP contribution is 2.26.